The Balaban J connectivity index is 1.91. The molecule has 0 spiro atoms. The summed E-state index contributed by atoms with van der Waals surface area (Å²) in [5.74, 6) is 1.29. The molecule has 0 atom stereocenters. The van der Waals surface area contributed by atoms with Crippen molar-refractivity contribution in [2.24, 2.45) is 0 Å². The summed E-state index contributed by atoms with van der Waals surface area (Å²) < 4.78 is 24.0. The highest BCUT2D eigenvalue weighted by Gasteiger charge is 2.53. The van der Waals surface area contributed by atoms with E-state index in [-0.39, 0.29) is 12.2 Å². The van der Waals surface area contributed by atoms with Gasteiger partial charge in [-0.1, -0.05) is 0 Å². The Kier molecular flexibility index (Phi) is 4.09. The van der Waals surface area contributed by atoms with Crippen LogP contribution in [-0.4, -0.2) is 35.5 Å². The second-order valence-corrected chi connectivity index (χ2v) is 7.60. The van der Waals surface area contributed by atoms with E-state index in [0.717, 1.165) is 18.6 Å². The van der Waals surface area contributed by atoms with Gasteiger partial charge in [0.2, 0.25) is 5.88 Å². The van der Waals surface area contributed by atoms with Crippen molar-refractivity contribution in [3.05, 3.63) is 12.1 Å². The first-order valence-corrected chi connectivity index (χ1v) is 8.38. The van der Waals surface area contributed by atoms with Crippen molar-refractivity contribution in [3.8, 4) is 11.6 Å². The molecule has 0 amide bonds. The molecule has 0 bridgehead atoms. The van der Waals surface area contributed by atoms with E-state index in [1.165, 1.54) is 0 Å². The number of nitrogens with zero attached hydrogens (tertiary/aromatic N) is 1. The van der Waals surface area contributed by atoms with Crippen LogP contribution in [0.1, 0.15) is 54.4 Å². The molecule has 3 rings (SSSR count). The number of aromatic nitrogens is 1. The zero-order chi connectivity index (χ0) is 16.8. The predicted molar refractivity (Wildman–Crippen MR) is 89.4 cm³/mol. The average molecular weight is 319 g/mol. The van der Waals surface area contributed by atoms with Crippen LogP contribution in [0, 0.1) is 0 Å². The van der Waals surface area contributed by atoms with Gasteiger partial charge in [-0.3, -0.25) is 0 Å². The van der Waals surface area contributed by atoms with E-state index in [1.807, 2.05) is 53.7 Å². The minimum Gasteiger partial charge on any atom is -0.489 e. The summed E-state index contributed by atoms with van der Waals surface area (Å²) in [6.45, 7) is 12.1. The summed E-state index contributed by atoms with van der Waals surface area (Å²) in [6.07, 6.45) is 2.53. The Bertz CT molecular complexity index is 568. The van der Waals surface area contributed by atoms with E-state index < -0.39 is 18.3 Å². The summed E-state index contributed by atoms with van der Waals surface area (Å²) in [4.78, 5) is 4.61. The fourth-order valence-corrected chi connectivity index (χ4v) is 2.34. The molecule has 6 heteroatoms. The van der Waals surface area contributed by atoms with Crippen molar-refractivity contribution < 1.29 is 18.8 Å². The first kappa shape index (κ1) is 16.6. The second-order valence-electron chi connectivity index (χ2n) is 7.60. The molecule has 1 aliphatic heterocycles. The van der Waals surface area contributed by atoms with Crippen LogP contribution in [0.25, 0.3) is 0 Å². The molecule has 1 aromatic heterocycles. The molecular weight excluding hydrogens is 293 g/mol. The molecule has 5 nitrogen and oxygen atoms in total. The third kappa shape index (κ3) is 3.48. The zero-order valence-corrected chi connectivity index (χ0v) is 14.9. The van der Waals surface area contributed by atoms with E-state index in [4.69, 9.17) is 18.8 Å². The maximum absolute atomic E-state index is 6.13. The summed E-state index contributed by atoms with van der Waals surface area (Å²) in [6, 6.07) is 3.75. The van der Waals surface area contributed by atoms with E-state index in [2.05, 4.69) is 4.98 Å². The Morgan fingerprint density at radius 1 is 1.13 bits per heavy atom. The average Bonchev–Trinajstić information content (AvgIpc) is 3.18. The molecule has 2 aliphatic rings. The lowest BCUT2D eigenvalue weighted by molar-refractivity contribution is 0.00578. The molecule has 1 saturated carbocycles. The van der Waals surface area contributed by atoms with Crippen LogP contribution in [0.2, 0.25) is 0 Å². The van der Waals surface area contributed by atoms with Crippen LogP contribution in [0.5, 0.6) is 11.6 Å². The Labute approximate surface area is 138 Å². The number of pyridine rings is 1. The van der Waals surface area contributed by atoms with Crippen LogP contribution >= 0.6 is 0 Å². The van der Waals surface area contributed by atoms with Gasteiger partial charge in [0.05, 0.1) is 23.4 Å². The molecule has 0 N–H and O–H groups in total. The van der Waals surface area contributed by atoms with Crippen LogP contribution in [0.4, 0.5) is 0 Å². The molecular formula is C17H26BNO4. The van der Waals surface area contributed by atoms with Crippen molar-refractivity contribution in [1.29, 1.82) is 0 Å². The largest absolute Gasteiger partial charge is 0.518 e. The fraction of sp³-hybridized carbons (Fsp3) is 0.706. The first-order valence-electron chi connectivity index (χ1n) is 8.38. The minimum absolute atomic E-state index is 0.0591. The van der Waals surface area contributed by atoms with Gasteiger partial charge in [0, 0.05) is 6.07 Å². The quantitative estimate of drug-likeness (QED) is 0.781. The highest BCUT2D eigenvalue weighted by Crippen LogP contribution is 2.37. The van der Waals surface area contributed by atoms with Crippen molar-refractivity contribution in [1.82, 2.24) is 4.98 Å². The van der Waals surface area contributed by atoms with Crippen LogP contribution in [-0.2, 0) is 9.31 Å². The molecule has 0 radical (unpaired) electrons. The summed E-state index contributed by atoms with van der Waals surface area (Å²) >= 11 is 0. The van der Waals surface area contributed by atoms with Gasteiger partial charge in [-0.15, -0.1) is 0 Å². The molecule has 126 valence electrons. The topological polar surface area (TPSA) is 49.8 Å². The standard InChI is InChI=1S/C17H26BNO4/c1-11(2)20-14-10-9-13(21-12-7-8-12)15(19-14)18-22-16(3,4)17(5,6)23-18/h9-12H,7-8H2,1-6H3. The van der Waals surface area contributed by atoms with Gasteiger partial charge < -0.3 is 18.8 Å². The van der Waals surface area contributed by atoms with Gasteiger partial charge in [-0.25, -0.2) is 4.98 Å². The van der Waals surface area contributed by atoms with Crippen molar-refractivity contribution in [2.45, 2.75) is 77.8 Å². The van der Waals surface area contributed by atoms with Crippen molar-refractivity contribution in [3.63, 3.8) is 0 Å². The molecule has 0 unspecified atom stereocenters. The fourth-order valence-electron chi connectivity index (χ4n) is 2.34. The normalized spacial score (nSPS) is 22.5. The number of rotatable bonds is 5. The molecule has 1 aliphatic carbocycles. The maximum Gasteiger partial charge on any atom is 0.518 e. The second kappa shape index (κ2) is 5.67. The van der Waals surface area contributed by atoms with Crippen molar-refractivity contribution >= 4 is 12.7 Å². The summed E-state index contributed by atoms with van der Waals surface area (Å²) in [5, 5.41) is 0. The molecule has 1 aromatic rings. The number of hydrogen-bond acceptors (Lipinski definition) is 5. The van der Waals surface area contributed by atoms with E-state index in [1.54, 1.807) is 0 Å². The van der Waals surface area contributed by atoms with E-state index in [9.17, 15) is 0 Å². The Hall–Kier alpha value is -1.27. The first-order chi connectivity index (χ1) is 10.7. The summed E-state index contributed by atoms with van der Waals surface area (Å²) in [7, 11) is -0.551. The van der Waals surface area contributed by atoms with Gasteiger partial charge in [0.25, 0.3) is 0 Å². The zero-order valence-electron chi connectivity index (χ0n) is 14.9. The van der Waals surface area contributed by atoms with Gasteiger partial charge >= 0.3 is 7.12 Å². The molecule has 2 fully saturated rings. The van der Waals surface area contributed by atoms with Gasteiger partial charge in [-0.2, -0.15) is 0 Å². The smallest absolute Gasteiger partial charge is 0.489 e. The lowest BCUT2D eigenvalue weighted by Crippen LogP contribution is -2.41. The molecule has 0 aromatic carbocycles. The lowest BCUT2D eigenvalue weighted by Gasteiger charge is -2.32. The molecule has 2 heterocycles. The number of hydrogen-bond donors (Lipinski definition) is 0. The van der Waals surface area contributed by atoms with Gasteiger partial charge in [0.15, 0.2) is 0 Å². The molecule has 1 saturated heterocycles. The monoisotopic (exact) mass is 319 g/mol. The summed E-state index contributed by atoms with van der Waals surface area (Å²) in [5.41, 5.74) is -0.162. The van der Waals surface area contributed by atoms with Crippen LogP contribution in [0.15, 0.2) is 12.1 Å². The van der Waals surface area contributed by atoms with E-state index in [0.29, 0.717) is 11.5 Å². The highest BCUT2D eigenvalue weighted by molar-refractivity contribution is 6.62. The number of ether oxygens (including phenoxy) is 2. The van der Waals surface area contributed by atoms with Crippen LogP contribution < -0.4 is 15.1 Å². The van der Waals surface area contributed by atoms with Crippen LogP contribution in [0.3, 0.4) is 0 Å². The predicted octanol–water partition coefficient (Wildman–Crippen LogP) is 2.71. The van der Waals surface area contributed by atoms with Crippen molar-refractivity contribution in [2.75, 3.05) is 0 Å². The molecule has 23 heavy (non-hydrogen) atoms. The van der Waals surface area contributed by atoms with Gasteiger partial charge in [0.1, 0.15) is 11.3 Å². The Morgan fingerprint density at radius 3 is 2.26 bits per heavy atom. The minimum atomic E-state index is -0.551. The van der Waals surface area contributed by atoms with E-state index >= 15 is 0 Å². The Morgan fingerprint density at radius 2 is 1.74 bits per heavy atom. The maximum atomic E-state index is 6.13. The SMILES string of the molecule is CC(C)Oc1ccc(OC2CC2)c(B2OC(C)(C)C(C)(C)O2)n1. The third-order valence-corrected chi connectivity index (χ3v) is 4.51. The highest BCUT2D eigenvalue weighted by atomic mass is 16.7. The lowest BCUT2D eigenvalue weighted by atomic mass is 9.83. The third-order valence-electron chi connectivity index (χ3n) is 4.51. The van der Waals surface area contributed by atoms with Gasteiger partial charge in [-0.05, 0) is 60.5 Å².